The predicted molar refractivity (Wildman–Crippen MR) is 130 cm³/mol. The van der Waals surface area contributed by atoms with Crippen LogP contribution < -0.4 is 5.32 Å². The number of fused-ring (bicyclic) bond motifs is 2. The van der Waals surface area contributed by atoms with Crippen LogP contribution in [0.1, 0.15) is 40.8 Å². The lowest BCUT2D eigenvalue weighted by atomic mass is 10.0. The first-order valence-corrected chi connectivity index (χ1v) is 11.9. The Bertz CT molecular complexity index is 1270. The number of hydrogen-bond acceptors (Lipinski definition) is 5. The average molecular weight is 446 g/mol. The molecular formula is C26H27N3O2S. The zero-order valence-electron chi connectivity index (χ0n) is 18.4. The molecule has 0 unspecified atom stereocenters. The number of nitrogens with one attached hydrogen (secondary N) is 1. The fourth-order valence-electron chi connectivity index (χ4n) is 4.38. The minimum absolute atomic E-state index is 0.0149. The summed E-state index contributed by atoms with van der Waals surface area (Å²) >= 11 is 1.56. The molecule has 5 nitrogen and oxygen atoms in total. The molecule has 5 rings (SSSR count). The van der Waals surface area contributed by atoms with Gasteiger partial charge in [0.15, 0.2) is 0 Å². The van der Waals surface area contributed by atoms with Crippen LogP contribution in [0.25, 0.3) is 21.0 Å². The smallest absolute Gasteiger partial charge is 0.261 e. The van der Waals surface area contributed by atoms with E-state index < -0.39 is 0 Å². The first kappa shape index (κ1) is 21.1. The summed E-state index contributed by atoms with van der Waals surface area (Å²) in [5.74, 6) is -0.0149. The third-order valence-electron chi connectivity index (χ3n) is 5.81. The van der Waals surface area contributed by atoms with E-state index in [4.69, 9.17) is 4.74 Å². The van der Waals surface area contributed by atoms with Crippen LogP contribution >= 0.6 is 11.3 Å². The molecule has 0 aliphatic carbocycles. The van der Waals surface area contributed by atoms with Gasteiger partial charge in [0.2, 0.25) is 0 Å². The monoisotopic (exact) mass is 445 g/mol. The molecule has 32 heavy (non-hydrogen) atoms. The van der Waals surface area contributed by atoms with Crippen molar-refractivity contribution < 1.29 is 9.53 Å². The summed E-state index contributed by atoms with van der Waals surface area (Å²) in [6, 6.07) is 18.9. The van der Waals surface area contributed by atoms with Crippen LogP contribution in [0, 0.1) is 0 Å². The molecule has 164 valence electrons. The number of benzene rings is 2. The fourth-order valence-corrected chi connectivity index (χ4v) is 5.54. The molecular weight excluding hydrogens is 418 g/mol. The van der Waals surface area contributed by atoms with Gasteiger partial charge in [-0.2, -0.15) is 0 Å². The average Bonchev–Trinajstić information content (AvgIpc) is 3.19. The molecule has 6 heteroatoms. The molecule has 0 spiro atoms. The second-order valence-electron chi connectivity index (χ2n) is 8.59. The largest absolute Gasteiger partial charge is 0.371 e. The minimum Gasteiger partial charge on any atom is -0.371 e. The number of rotatable bonds is 5. The van der Waals surface area contributed by atoms with Crippen molar-refractivity contribution in [3.8, 4) is 0 Å². The molecule has 2 aromatic carbocycles. The molecule has 1 aliphatic rings. The summed E-state index contributed by atoms with van der Waals surface area (Å²) in [6.07, 6.45) is 1.70. The number of nitrogens with zero attached hydrogens (tertiary/aromatic N) is 2. The number of aromatic nitrogens is 1. The predicted octanol–water partition coefficient (Wildman–Crippen LogP) is 5.16. The van der Waals surface area contributed by atoms with E-state index in [1.165, 1.54) is 5.56 Å². The van der Waals surface area contributed by atoms with Gasteiger partial charge in [-0.15, -0.1) is 11.3 Å². The van der Waals surface area contributed by atoms with E-state index in [0.29, 0.717) is 6.61 Å². The van der Waals surface area contributed by atoms with E-state index in [1.54, 1.807) is 11.3 Å². The van der Waals surface area contributed by atoms with Crippen molar-refractivity contribution >= 4 is 38.2 Å². The number of morpholine rings is 1. The Morgan fingerprint density at radius 2 is 2.09 bits per heavy atom. The summed E-state index contributed by atoms with van der Waals surface area (Å²) in [5.41, 5.74) is 3.30. The normalized spacial score (nSPS) is 17.3. The zero-order chi connectivity index (χ0) is 22.1. The highest BCUT2D eigenvalue weighted by Crippen LogP contribution is 2.38. The molecule has 1 atom stereocenters. The Morgan fingerprint density at radius 1 is 1.22 bits per heavy atom. The molecule has 0 bridgehead atoms. The van der Waals surface area contributed by atoms with Crippen molar-refractivity contribution in [3.05, 3.63) is 76.8 Å². The molecule has 1 fully saturated rings. The Balaban J connectivity index is 1.42. The maximum absolute atomic E-state index is 13.0. The summed E-state index contributed by atoms with van der Waals surface area (Å²) in [4.78, 5) is 20.6. The maximum Gasteiger partial charge on any atom is 0.261 e. The number of amides is 1. The number of pyridine rings is 1. The Morgan fingerprint density at radius 3 is 2.97 bits per heavy atom. The fraction of sp³-hybridized carbons (Fsp3) is 0.308. The Hall–Kier alpha value is -2.80. The van der Waals surface area contributed by atoms with Gasteiger partial charge in [0, 0.05) is 47.5 Å². The minimum atomic E-state index is -0.130. The van der Waals surface area contributed by atoms with Gasteiger partial charge in [0.1, 0.15) is 0 Å². The van der Waals surface area contributed by atoms with Gasteiger partial charge in [-0.05, 0) is 49.1 Å². The Labute approximate surface area is 192 Å². The summed E-state index contributed by atoms with van der Waals surface area (Å²) in [6.45, 7) is 7.10. The Kier molecular flexibility index (Phi) is 5.91. The number of carbonyl (C=O) groups excluding carboxylic acids is 1. The molecule has 0 radical (unpaired) electrons. The quantitative estimate of drug-likeness (QED) is 0.461. The third-order valence-corrected chi connectivity index (χ3v) is 6.99. The van der Waals surface area contributed by atoms with Gasteiger partial charge in [-0.25, -0.2) is 0 Å². The van der Waals surface area contributed by atoms with Gasteiger partial charge in [-0.3, -0.25) is 14.7 Å². The second kappa shape index (κ2) is 8.98. The van der Waals surface area contributed by atoms with E-state index in [9.17, 15) is 4.79 Å². The maximum atomic E-state index is 13.0. The highest BCUT2D eigenvalue weighted by Gasteiger charge is 2.30. The molecule has 4 aromatic rings. The highest BCUT2D eigenvalue weighted by atomic mass is 32.1. The van der Waals surface area contributed by atoms with Gasteiger partial charge < -0.3 is 10.1 Å². The lowest BCUT2D eigenvalue weighted by Crippen LogP contribution is -2.38. The first-order valence-electron chi connectivity index (χ1n) is 11.1. The third kappa shape index (κ3) is 4.26. The molecule has 1 N–H and O–H groups in total. The summed E-state index contributed by atoms with van der Waals surface area (Å²) in [7, 11) is 0. The second-order valence-corrected chi connectivity index (χ2v) is 9.65. The standard InChI is InChI=1S/C26H27N3O2S/c1-17(2)28-26(30)25-24(20-7-3-4-8-23(20)32-25)22-16-29(12-13-31-22)15-18-9-10-21-19(14-18)6-5-11-27-21/h3-11,14,17,22H,12-13,15-16H2,1-2H3,(H,28,30)/t22-/m0/s1. The topological polar surface area (TPSA) is 54.5 Å². The van der Waals surface area contributed by atoms with E-state index in [1.807, 2.05) is 38.2 Å². The number of ether oxygens (including phenoxy) is 1. The number of thiophene rings is 1. The first-order chi connectivity index (χ1) is 15.6. The van der Waals surface area contributed by atoms with Gasteiger partial charge in [-0.1, -0.05) is 30.3 Å². The van der Waals surface area contributed by atoms with Gasteiger partial charge in [0.25, 0.3) is 5.91 Å². The van der Waals surface area contributed by atoms with Crippen molar-refractivity contribution in [2.45, 2.75) is 32.5 Å². The van der Waals surface area contributed by atoms with Crippen LogP contribution in [0.4, 0.5) is 0 Å². The van der Waals surface area contributed by atoms with Crippen molar-refractivity contribution in [1.29, 1.82) is 0 Å². The lowest BCUT2D eigenvalue weighted by Gasteiger charge is -2.33. The lowest BCUT2D eigenvalue weighted by molar-refractivity contribution is -0.0323. The molecule has 1 aliphatic heterocycles. The molecule has 2 aromatic heterocycles. The van der Waals surface area contributed by atoms with Crippen molar-refractivity contribution in [1.82, 2.24) is 15.2 Å². The molecule has 1 saturated heterocycles. The van der Waals surface area contributed by atoms with Crippen LogP contribution in [0.2, 0.25) is 0 Å². The van der Waals surface area contributed by atoms with E-state index in [2.05, 4.69) is 51.6 Å². The summed E-state index contributed by atoms with van der Waals surface area (Å²) < 4.78 is 7.36. The highest BCUT2D eigenvalue weighted by molar-refractivity contribution is 7.21. The van der Waals surface area contributed by atoms with E-state index >= 15 is 0 Å². The van der Waals surface area contributed by atoms with Crippen LogP contribution in [-0.2, 0) is 11.3 Å². The van der Waals surface area contributed by atoms with Crippen LogP contribution in [0.3, 0.4) is 0 Å². The number of carbonyl (C=O) groups is 1. The summed E-state index contributed by atoms with van der Waals surface area (Å²) in [5, 5.41) is 5.34. The van der Waals surface area contributed by atoms with Gasteiger partial charge in [0.05, 0.1) is 23.1 Å². The van der Waals surface area contributed by atoms with Crippen molar-refractivity contribution in [3.63, 3.8) is 0 Å². The SMILES string of the molecule is CC(C)NC(=O)c1sc2ccccc2c1[C@@H]1CN(Cc2ccc3ncccc3c2)CCO1. The van der Waals surface area contributed by atoms with Crippen LogP contribution in [-0.4, -0.2) is 41.5 Å². The van der Waals surface area contributed by atoms with Crippen LogP contribution in [0.5, 0.6) is 0 Å². The molecule has 0 saturated carbocycles. The van der Waals surface area contributed by atoms with Gasteiger partial charge >= 0.3 is 0 Å². The van der Waals surface area contributed by atoms with Crippen molar-refractivity contribution in [2.75, 3.05) is 19.7 Å². The van der Waals surface area contributed by atoms with E-state index in [-0.39, 0.29) is 18.1 Å². The molecule has 1 amide bonds. The van der Waals surface area contributed by atoms with Crippen LogP contribution in [0.15, 0.2) is 60.8 Å². The zero-order valence-corrected chi connectivity index (χ0v) is 19.2. The van der Waals surface area contributed by atoms with Crippen molar-refractivity contribution in [2.24, 2.45) is 0 Å². The number of hydrogen-bond donors (Lipinski definition) is 1. The molecule has 3 heterocycles. The van der Waals surface area contributed by atoms with E-state index in [0.717, 1.165) is 51.1 Å².